The summed E-state index contributed by atoms with van der Waals surface area (Å²) in [6.07, 6.45) is 1.63. The summed E-state index contributed by atoms with van der Waals surface area (Å²) in [6.45, 7) is 2.93. The van der Waals surface area contributed by atoms with Crippen molar-refractivity contribution in [2.45, 2.75) is 13.5 Å². The molecule has 3 aromatic rings. The third kappa shape index (κ3) is 6.38. The summed E-state index contributed by atoms with van der Waals surface area (Å²) >= 11 is 6.90. The van der Waals surface area contributed by atoms with Gasteiger partial charge in [0.25, 0.3) is 11.1 Å². The second-order valence-corrected chi connectivity index (χ2v) is 9.05. The molecule has 0 atom stereocenters. The summed E-state index contributed by atoms with van der Waals surface area (Å²) in [7, 11) is 0. The molecule has 186 valence electrons. The van der Waals surface area contributed by atoms with Crippen LogP contribution in [0.5, 0.6) is 17.2 Å². The third-order valence-corrected chi connectivity index (χ3v) is 6.39. The van der Waals surface area contributed by atoms with Crippen molar-refractivity contribution in [3.05, 3.63) is 93.6 Å². The zero-order valence-electron chi connectivity index (χ0n) is 19.4. The van der Waals surface area contributed by atoms with E-state index in [0.717, 1.165) is 28.5 Å². The van der Waals surface area contributed by atoms with Gasteiger partial charge < -0.3 is 14.2 Å². The number of benzene rings is 3. The fourth-order valence-electron chi connectivity index (χ4n) is 3.44. The minimum atomic E-state index is -0.487. The average Bonchev–Trinajstić information content (AvgIpc) is 3.12. The second-order valence-electron chi connectivity index (χ2n) is 7.65. The predicted octanol–water partition coefficient (Wildman–Crippen LogP) is 6.57. The molecule has 0 N–H and O–H groups in total. The van der Waals surface area contributed by atoms with Crippen molar-refractivity contribution in [1.29, 1.82) is 0 Å². The van der Waals surface area contributed by atoms with Crippen molar-refractivity contribution in [2.75, 3.05) is 19.8 Å². The van der Waals surface area contributed by atoms with Gasteiger partial charge in [-0.2, -0.15) is 0 Å². The van der Waals surface area contributed by atoms with Gasteiger partial charge in [0.05, 0.1) is 18.1 Å². The lowest BCUT2D eigenvalue weighted by Crippen LogP contribution is -2.27. The topological polar surface area (TPSA) is 65.1 Å². The normalized spacial score (nSPS) is 14.4. The number of ether oxygens (including phenoxy) is 3. The highest BCUT2D eigenvalue weighted by atomic mass is 35.5. The van der Waals surface area contributed by atoms with Gasteiger partial charge in [-0.3, -0.25) is 14.5 Å². The van der Waals surface area contributed by atoms with Crippen LogP contribution in [0.1, 0.15) is 18.1 Å². The maximum atomic E-state index is 13.3. The van der Waals surface area contributed by atoms with Crippen molar-refractivity contribution in [2.24, 2.45) is 0 Å². The first kappa shape index (κ1) is 25.6. The van der Waals surface area contributed by atoms with Gasteiger partial charge in [0, 0.05) is 5.02 Å². The molecular weight excluding hydrogens is 505 g/mol. The largest absolute Gasteiger partial charge is 0.490 e. The Labute approximate surface area is 217 Å². The summed E-state index contributed by atoms with van der Waals surface area (Å²) in [5.74, 6) is 0.894. The van der Waals surface area contributed by atoms with Crippen molar-refractivity contribution in [1.82, 2.24) is 4.90 Å². The number of carbonyl (C=O) groups excluding carboxylic acids is 2. The van der Waals surface area contributed by atoms with Gasteiger partial charge in [-0.1, -0.05) is 41.9 Å². The van der Waals surface area contributed by atoms with Gasteiger partial charge in [-0.25, -0.2) is 4.39 Å². The van der Waals surface area contributed by atoms with Gasteiger partial charge in [0.15, 0.2) is 11.5 Å². The van der Waals surface area contributed by atoms with Crippen LogP contribution in [0.3, 0.4) is 0 Å². The molecule has 1 aliphatic heterocycles. The molecule has 3 aromatic carbocycles. The van der Waals surface area contributed by atoms with Gasteiger partial charge in [-0.05, 0) is 72.3 Å². The molecular formula is C27H23ClFNO5S. The number of hydrogen-bond acceptors (Lipinski definition) is 6. The van der Waals surface area contributed by atoms with Crippen LogP contribution in [0.15, 0.2) is 71.6 Å². The number of amides is 2. The fraction of sp³-hybridized carbons (Fsp3) is 0.185. The Bertz CT molecular complexity index is 1280. The zero-order valence-corrected chi connectivity index (χ0v) is 21.0. The molecule has 0 bridgehead atoms. The van der Waals surface area contributed by atoms with E-state index in [0.29, 0.717) is 42.4 Å². The molecule has 6 nitrogen and oxygen atoms in total. The van der Waals surface area contributed by atoms with Crippen molar-refractivity contribution < 1.29 is 28.2 Å². The van der Waals surface area contributed by atoms with Gasteiger partial charge in [-0.15, -0.1) is 0 Å². The predicted molar refractivity (Wildman–Crippen MR) is 138 cm³/mol. The van der Waals surface area contributed by atoms with E-state index >= 15 is 0 Å². The van der Waals surface area contributed by atoms with E-state index < -0.39 is 17.0 Å². The minimum Gasteiger partial charge on any atom is -0.490 e. The Hall–Kier alpha value is -3.49. The summed E-state index contributed by atoms with van der Waals surface area (Å²) in [6, 6.07) is 18.6. The summed E-state index contributed by atoms with van der Waals surface area (Å²) in [5.41, 5.74) is 1.16. The van der Waals surface area contributed by atoms with Crippen molar-refractivity contribution in [3.8, 4) is 17.2 Å². The molecule has 0 spiro atoms. The molecule has 0 saturated carbocycles. The van der Waals surface area contributed by atoms with Gasteiger partial charge in [0.1, 0.15) is 24.8 Å². The van der Waals surface area contributed by atoms with Gasteiger partial charge >= 0.3 is 0 Å². The van der Waals surface area contributed by atoms with E-state index in [4.69, 9.17) is 25.8 Å². The lowest BCUT2D eigenvalue weighted by molar-refractivity contribution is -0.123. The summed E-state index contributed by atoms with van der Waals surface area (Å²) in [5, 5.41) is -0.265. The molecule has 0 aliphatic carbocycles. The Morgan fingerprint density at radius 2 is 1.72 bits per heavy atom. The highest BCUT2D eigenvalue weighted by Crippen LogP contribution is 2.36. The van der Waals surface area contributed by atoms with Gasteiger partial charge in [0.2, 0.25) is 0 Å². The van der Waals surface area contributed by atoms with E-state index in [9.17, 15) is 14.0 Å². The number of carbonyl (C=O) groups is 2. The molecule has 1 saturated heterocycles. The molecule has 36 heavy (non-hydrogen) atoms. The SMILES string of the molecule is CCOc1cc(/C=C2\SC(=O)N(Cc3ccc(F)cc3Cl)C2=O)ccc1OCCOc1ccccc1. The number of nitrogens with zero attached hydrogens (tertiary/aromatic N) is 1. The number of hydrogen-bond donors (Lipinski definition) is 0. The van der Waals surface area contributed by atoms with E-state index in [2.05, 4.69) is 0 Å². The average molecular weight is 528 g/mol. The van der Waals surface area contributed by atoms with Crippen LogP contribution in [0, 0.1) is 5.82 Å². The number of halogens is 2. The zero-order chi connectivity index (χ0) is 25.5. The Kier molecular flexibility index (Phi) is 8.51. The van der Waals surface area contributed by atoms with Crippen LogP contribution in [0.25, 0.3) is 6.08 Å². The summed E-state index contributed by atoms with van der Waals surface area (Å²) < 4.78 is 30.5. The first-order valence-corrected chi connectivity index (χ1v) is 12.4. The first-order valence-electron chi connectivity index (χ1n) is 11.2. The van der Waals surface area contributed by atoms with E-state index in [-0.39, 0.29) is 16.5 Å². The molecule has 0 unspecified atom stereocenters. The summed E-state index contributed by atoms with van der Waals surface area (Å²) in [4.78, 5) is 26.8. The van der Waals surface area contributed by atoms with Crippen molar-refractivity contribution >= 4 is 40.6 Å². The fourth-order valence-corrected chi connectivity index (χ4v) is 4.50. The molecule has 1 heterocycles. The Balaban J connectivity index is 1.43. The van der Waals surface area contributed by atoms with Crippen LogP contribution >= 0.6 is 23.4 Å². The van der Waals surface area contributed by atoms with E-state index in [1.807, 2.05) is 37.3 Å². The maximum Gasteiger partial charge on any atom is 0.293 e. The molecule has 2 amide bonds. The van der Waals surface area contributed by atoms with Crippen LogP contribution in [0.4, 0.5) is 9.18 Å². The quantitative estimate of drug-likeness (QED) is 0.219. The molecule has 4 rings (SSSR count). The number of rotatable bonds is 10. The molecule has 1 aliphatic rings. The molecule has 1 fully saturated rings. The van der Waals surface area contributed by atoms with Crippen LogP contribution in [0.2, 0.25) is 5.02 Å². The Morgan fingerprint density at radius 3 is 2.47 bits per heavy atom. The minimum absolute atomic E-state index is 0.0385. The smallest absolute Gasteiger partial charge is 0.293 e. The van der Waals surface area contributed by atoms with Crippen LogP contribution in [-0.4, -0.2) is 35.9 Å². The number of imide groups is 1. The van der Waals surface area contributed by atoms with E-state index in [1.165, 1.54) is 12.1 Å². The second kappa shape index (κ2) is 12.0. The molecule has 0 aromatic heterocycles. The van der Waals surface area contributed by atoms with Crippen LogP contribution < -0.4 is 14.2 Å². The monoisotopic (exact) mass is 527 g/mol. The highest BCUT2D eigenvalue weighted by Gasteiger charge is 2.35. The third-order valence-electron chi connectivity index (χ3n) is 5.14. The lowest BCUT2D eigenvalue weighted by atomic mass is 10.1. The standard InChI is InChI=1S/C27H23ClFNO5S/c1-2-33-24-14-18(8-11-23(24)35-13-12-34-21-6-4-3-5-7-21)15-25-26(31)30(27(32)36-25)17-19-9-10-20(29)16-22(19)28/h3-11,14-16H,2,12-13,17H2,1H3/b25-15-. The number of thioether (sulfide) groups is 1. The lowest BCUT2D eigenvalue weighted by Gasteiger charge is -2.14. The number of para-hydroxylation sites is 1. The molecule has 0 radical (unpaired) electrons. The van der Waals surface area contributed by atoms with Crippen LogP contribution in [-0.2, 0) is 11.3 Å². The maximum absolute atomic E-state index is 13.3. The first-order chi connectivity index (χ1) is 17.4. The Morgan fingerprint density at radius 1 is 0.944 bits per heavy atom. The highest BCUT2D eigenvalue weighted by molar-refractivity contribution is 8.18. The van der Waals surface area contributed by atoms with Crippen molar-refractivity contribution in [3.63, 3.8) is 0 Å². The molecule has 9 heteroatoms. The van der Waals surface area contributed by atoms with E-state index in [1.54, 1.807) is 24.3 Å².